The summed E-state index contributed by atoms with van der Waals surface area (Å²) in [7, 11) is 1.57. The molecule has 4 heteroatoms. The number of aromatic hydroxyl groups is 1. The Morgan fingerprint density at radius 3 is 2.20 bits per heavy atom. The van der Waals surface area contributed by atoms with Gasteiger partial charge in [-0.15, -0.1) is 10.2 Å². The van der Waals surface area contributed by atoms with E-state index in [2.05, 4.69) is 29.3 Å². The Morgan fingerprint density at radius 1 is 0.950 bits per heavy atom. The van der Waals surface area contributed by atoms with E-state index in [-0.39, 0.29) is 5.75 Å². The molecule has 0 fully saturated rings. The maximum atomic E-state index is 9.78. The highest BCUT2D eigenvalue weighted by Crippen LogP contribution is 2.33. The van der Waals surface area contributed by atoms with Crippen molar-refractivity contribution in [2.24, 2.45) is 10.2 Å². The predicted octanol–water partition coefficient (Wildman–Crippen LogP) is 4.74. The van der Waals surface area contributed by atoms with Gasteiger partial charge >= 0.3 is 0 Å². The molecule has 4 nitrogen and oxygen atoms in total. The van der Waals surface area contributed by atoms with Crippen molar-refractivity contribution < 1.29 is 9.84 Å². The van der Waals surface area contributed by atoms with Crippen molar-refractivity contribution in [3.63, 3.8) is 0 Å². The lowest BCUT2D eigenvalue weighted by Crippen LogP contribution is -1.83. The molecular formula is C16H18N2O2. The molecule has 0 radical (unpaired) electrons. The monoisotopic (exact) mass is 270 g/mol. The minimum absolute atomic E-state index is 0.0805. The van der Waals surface area contributed by atoms with Crippen LogP contribution in [0, 0.1) is 20.8 Å². The third-order valence-electron chi connectivity index (χ3n) is 3.08. The van der Waals surface area contributed by atoms with E-state index in [1.54, 1.807) is 25.3 Å². The second-order valence-corrected chi connectivity index (χ2v) is 4.80. The highest BCUT2D eigenvalue weighted by atomic mass is 16.5. The zero-order valence-electron chi connectivity index (χ0n) is 12.1. The average Bonchev–Trinajstić information content (AvgIpc) is 2.39. The number of hydrogen-bond donors (Lipinski definition) is 1. The first-order valence-corrected chi connectivity index (χ1v) is 6.38. The van der Waals surface area contributed by atoms with Crippen LogP contribution in [0.25, 0.3) is 0 Å². The molecule has 104 valence electrons. The fraction of sp³-hybridized carbons (Fsp3) is 0.250. The molecule has 0 unspecified atom stereocenters. The molecule has 0 saturated heterocycles. The van der Waals surface area contributed by atoms with Crippen molar-refractivity contribution in [3.8, 4) is 11.5 Å². The summed E-state index contributed by atoms with van der Waals surface area (Å²) in [4.78, 5) is 0. The molecule has 0 aliphatic heterocycles. The van der Waals surface area contributed by atoms with Crippen LogP contribution in [-0.2, 0) is 0 Å². The molecule has 0 atom stereocenters. The largest absolute Gasteiger partial charge is 0.506 e. The zero-order chi connectivity index (χ0) is 14.7. The van der Waals surface area contributed by atoms with Gasteiger partial charge in [-0.25, -0.2) is 0 Å². The van der Waals surface area contributed by atoms with Crippen LogP contribution in [0.2, 0.25) is 0 Å². The molecule has 1 N–H and O–H groups in total. The Bertz CT molecular complexity index is 641. The van der Waals surface area contributed by atoms with Crippen molar-refractivity contribution in [2.45, 2.75) is 20.8 Å². The molecule has 0 heterocycles. The van der Waals surface area contributed by atoms with Gasteiger partial charge in [0.05, 0.1) is 12.8 Å². The lowest BCUT2D eigenvalue weighted by molar-refractivity contribution is 0.412. The molecule has 0 spiro atoms. The molecule has 0 aromatic heterocycles. The summed E-state index contributed by atoms with van der Waals surface area (Å²) in [6.45, 7) is 6.05. The molecule has 0 aliphatic carbocycles. The van der Waals surface area contributed by atoms with Gasteiger partial charge < -0.3 is 9.84 Å². The molecule has 0 amide bonds. The van der Waals surface area contributed by atoms with E-state index in [9.17, 15) is 5.11 Å². The smallest absolute Gasteiger partial charge is 0.143 e. The number of benzene rings is 2. The Balaban J connectivity index is 2.39. The molecule has 0 bridgehead atoms. The normalized spacial score (nSPS) is 11.0. The lowest BCUT2D eigenvalue weighted by Gasteiger charge is -2.06. The van der Waals surface area contributed by atoms with Gasteiger partial charge in [0.2, 0.25) is 0 Å². The first-order chi connectivity index (χ1) is 9.51. The van der Waals surface area contributed by atoms with Gasteiger partial charge in [-0.05, 0) is 44.0 Å². The van der Waals surface area contributed by atoms with Gasteiger partial charge in [0.1, 0.15) is 17.2 Å². The van der Waals surface area contributed by atoms with Crippen LogP contribution >= 0.6 is 0 Å². The fourth-order valence-corrected chi connectivity index (χ4v) is 2.14. The van der Waals surface area contributed by atoms with Crippen molar-refractivity contribution in [1.82, 2.24) is 0 Å². The summed E-state index contributed by atoms with van der Waals surface area (Å²) in [6, 6.07) is 9.00. The number of azo groups is 1. The topological polar surface area (TPSA) is 54.2 Å². The van der Waals surface area contributed by atoms with Crippen LogP contribution in [0.3, 0.4) is 0 Å². The molecule has 2 aromatic carbocycles. The molecule has 0 saturated carbocycles. The molecule has 2 rings (SSSR count). The highest BCUT2D eigenvalue weighted by Gasteiger charge is 2.05. The summed E-state index contributed by atoms with van der Waals surface area (Å²) in [5.74, 6) is 0.714. The second kappa shape index (κ2) is 5.74. The van der Waals surface area contributed by atoms with Crippen LogP contribution in [0.4, 0.5) is 11.4 Å². The Kier molecular flexibility index (Phi) is 4.03. The van der Waals surface area contributed by atoms with E-state index in [0.29, 0.717) is 11.4 Å². The number of phenols is 1. The molecule has 2 aromatic rings. The maximum absolute atomic E-state index is 9.78. The summed E-state index contributed by atoms with van der Waals surface area (Å²) in [5, 5.41) is 18.2. The first kappa shape index (κ1) is 14.1. The zero-order valence-corrected chi connectivity index (χ0v) is 12.1. The van der Waals surface area contributed by atoms with Gasteiger partial charge in [0.15, 0.2) is 0 Å². The van der Waals surface area contributed by atoms with E-state index in [1.165, 1.54) is 5.56 Å². The van der Waals surface area contributed by atoms with E-state index < -0.39 is 0 Å². The number of hydrogen-bond acceptors (Lipinski definition) is 4. The standard InChI is InChI=1S/C16H18N2O2/c1-10-7-11(2)16(12(3)8-10)18-17-14-9-13(20-4)5-6-15(14)19/h5-9,19H,1-4H3. The summed E-state index contributed by atoms with van der Waals surface area (Å²) in [5.41, 5.74) is 4.55. The third kappa shape index (κ3) is 2.96. The van der Waals surface area contributed by atoms with E-state index in [4.69, 9.17) is 4.74 Å². The maximum Gasteiger partial charge on any atom is 0.143 e. The van der Waals surface area contributed by atoms with Crippen molar-refractivity contribution >= 4 is 11.4 Å². The second-order valence-electron chi connectivity index (χ2n) is 4.80. The number of nitrogens with zero attached hydrogens (tertiary/aromatic N) is 2. The van der Waals surface area contributed by atoms with Crippen LogP contribution in [0.15, 0.2) is 40.6 Å². The van der Waals surface area contributed by atoms with Crippen LogP contribution in [0.1, 0.15) is 16.7 Å². The van der Waals surface area contributed by atoms with Crippen LogP contribution < -0.4 is 4.74 Å². The predicted molar refractivity (Wildman–Crippen MR) is 79.5 cm³/mol. The van der Waals surface area contributed by atoms with Crippen LogP contribution in [-0.4, -0.2) is 12.2 Å². The summed E-state index contributed by atoms with van der Waals surface area (Å²) in [6.07, 6.45) is 0. The minimum atomic E-state index is 0.0805. The van der Waals surface area contributed by atoms with Gasteiger partial charge in [-0.2, -0.15) is 0 Å². The highest BCUT2D eigenvalue weighted by molar-refractivity contribution is 5.57. The Labute approximate surface area is 118 Å². The minimum Gasteiger partial charge on any atom is -0.506 e. The van der Waals surface area contributed by atoms with E-state index in [1.807, 2.05) is 13.8 Å². The number of rotatable bonds is 3. The number of ether oxygens (including phenoxy) is 1. The van der Waals surface area contributed by atoms with Gasteiger partial charge in [-0.3, -0.25) is 0 Å². The van der Waals surface area contributed by atoms with E-state index >= 15 is 0 Å². The van der Waals surface area contributed by atoms with Crippen molar-refractivity contribution in [2.75, 3.05) is 7.11 Å². The Morgan fingerprint density at radius 2 is 1.60 bits per heavy atom. The van der Waals surface area contributed by atoms with Gasteiger partial charge in [0.25, 0.3) is 0 Å². The SMILES string of the molecule is COc1ccc(O)c(N=Nc2c(C)cc(C)cc2C)c1. The summed E-state index contributed by atoms with van der Waals surface area (Å²) < 4.78 is 5.11. The number of aryl methyl sites for hydroxylation is 3. The number of phenolic OH excluding ortho intramolecular Hbond substituents is 1. The summed E-state index contributed by atoms with van der Waals surface area (Å²) >= 11 is 0. The molecule has 0 aliphatic rings. The van der Waals surface area contributed by atoms with Crippen LogP contribution in [0.5, 0.6) is 11.5 Å². The van der Waals surface area contributed by atoms with E-state index in [0.717, 1.165) is 16.8 Å². The fourth-order valence-electron chi connectivity index (χ4n) is 2.14. The lowest BCUT2D eigenvalue weighted by atomic mass is 10.1. The average molecular weight is 270 g/mol. The van der Waals surface area contributed by atoms with Crippen molar-refractivity contribution in [3.05, 3.63) is 47.0 Å². The first-order valence-electron chi connectivity index (χ1n) is 6.38. The quantitative estimate of drug-likeness (QED) is 0.819. The molecular weight excluding hydrogens is 252 g/mol. The Hall–Kier alpha value is -2.36. The third-order valence-corrected chi connectivity index (χ3v) is 3.08. The molecule has 20 heavy (non-hydrogen) atoms. The number of methoxy groups -OCH3 is 1. The van der Waals surface area contributed by atoms with Gasteiger partial charge in [0, 0.05) is 6.07 Å². The van der Waals surface area contributed by atoms with Crippen molar-refractivity contribution in [1.29, 1.82) is 0 Å². The van der Waals surface area contributed by atoms with Gasteiger partial charge in [-0.1, -0.05) is 17.7 Å².